The zero-order valence-electron chi connectivity index (χ0n) is 19.7. The SMILES string of the molecule is N#C/C(=C\c1ccc(OCc2cccc(Cl)c2)cc1)C(=O)Nc1ccc(OCc2ccccc2Cl)cc1. The first-order valence-corrected chi connectivity index (χ1v) is 12.1. The maximum Gasteiger partial charge on any atom is 0.266 e. The summed E-state index contributed by atoms with van der Waals surface area (Å²) in [6.07, 6.45) is 1.52. The summed E-state index contributed by atoms with van der Waals surface area (Å²) < 4.78 is 11.5. The van der Waals surface area contributed by atoms with Crippen LogP contribution in [-0.4, -0.2) is 5.91 Å². The Balaban J connectivity index is 1.32. The highest BCUT2D eigenvalue weighted by Crippen LogP contribution is 2.21. The lowest BCUT2D eigenvalue weighted by atomic mass is 10.1. The molecule has 37 heavy (non-hydrogen) atoms. The number of ether oxygens (including phenoxy) is 2. The Bertz CT molecular complexity index is 1440. The van der Waals surface area contributed by atoms with E-state index in [1.54, 1.807) is 48.5 Å². The summed E-state index contributed by atoms with van der Waals surface area (Å²) in [5.41, 5.74) is 3.06. The van der Waals surface area contributed by atoms with Crippen LogP contribution < -0.4 is 14.8 Å². The number of anilines is 1. The second kappa shape index (κ2) is 12.6. The number of hydrogen-bond acceptors (Lipinski definition) is 4. The lowest BCUT2D eigenvalue weighted by molar-refractivity contribution is -0.112. The summed E-state index contributed by atoms with van der Waals surface area (Å²) in [4.78, 5) is 12.7. The van der Waals surface area contributed by atoms with Crippen molar-refractivity contribution < 1.29 is 14.3 Å². The number of nitrogens with zero attached hydrogens (tertiary/aromatic N) is 1. The zero-order chi connectivity index (χ0) is 26.0. The monoisotopic (exact) mass is 528 g/mol. The van der Waals surface area contributed by atoms with Crippen molar-refractivity contribution in [1.82, 2.24) is 0 Å². The van der Waals surface area contributed by atoms with E-state index in [0.29, 0.717) is 46.0 Å². The number of nitriles is 1. The van der Waals surface area contributed by atoms with Crippen molar-refractivity contribution in [3.63, 3.8) is 0 Å². The summed E-state index contributed by atoms with van der Waals surface area (Å²) in [5.74, 6) is 0.789. The smallest absolute Gasteiger partial charge is 0.266 e. The van der Waals surface area contributed by atoms with Gasteiger partial charge in [0.05, 0.1) is 0 Å². The van der Waals surface area contributed by atoms with Crippen LogP contribution in [0.4, 0.5) is 5.69 Å². The summed E-state index contributed by atoms with van der Waals surface area (Å²) >= 11 is 12.2. The van der Waals surface area contributed by atoms with Gasteiger partial charge in [-0.25, -0.2) is 0 Å². The topological polar surface area (TPSA) is 71.3 Å². The van der Waals surface area contributed by atoms with Crippen LogP contribution in [0, 0.1) is 11.3 Å². The van der Waals surface area contributed by atoms with E-state index in [2.05, 4.69) is 5.32 Å². The minimum absolute atomic E-state index is 0.0216. The average molecular weight is 529 g/mol. The molecule has 0 spiro atoms. The summed E-state index contributed by atoms with van der Waals surface area (Å²) in [6, 6.07) is 30.9. The van der Waals surface area contributed by atoms with Gasteiger partial charge in [0.15, 0.2) is 0 Å². The first-order valence-electron chi connectivity index (χ1n) is 11.4. The largest absolute Gasteiger partial charge is 0.489 e. The third-order valence-electron chi connectivity index (χ3n) is 5.32. The molecule has 7 heteroatoms. The van der Waals surface area contributed by atoms with Crippen LogP contribution in [0.3, 0.4) is 0 Å². The molecule has 0 atom stereocenters. The van der Waals surface area contributed by atoms with Crippen LogP contribution in [0.25, 0.3) is 6.08 Å². The minimum atomic E-state index is -0.506. The van der Waals surface area contributed by atoms with Gasteiger partial charge in [0.2, 0.25) is 0 Å². The van der Waals surface area contributed by atoms with Crippen LogP contribution in [-0.2, 0) is 18.0 Å². The van der Waals surface area contributed by atoms with Crippen LogP contribution in [0.15, 0.2) is 103 Å². The predicted octanol–water partition coefficient (Wildman–Crippen LogP) is 7.70. The van der Waals surface area contributed by atoms with Gasteiger partial charge in [-0.05, 0) is 71.8 Å². The van der Waals surface area contributed by atoms with Crippen molar-refractivity contribution in [1.29, 1.82) is 5.26 Å². The summed E-state index contributed by atoms with van der Waals surface area (Å²) in [6.45, 7) is 0.711. The lowest BCUT2D eigenvalue weighted by Gasteiger charge is -2.09. The van der Waals surface area contributed by atoms with Crippen LogP contribution in [0.1, 0.15) is 16.7 Å². The Labute approximate surface area is 225 Å². The van der Waals surface area contributed by atoms with Gasteiger partial charge in [0, 0.05) is 21.3 Å². The number of rotatable bonds is 9. The molecule has 0 heterocycles. The normalized spacial score (nSPS) is 10.9. The fraction of sp³-hybridized carbons (Fsp3) is 0.0667. The molecule has 0 saturated heterocycles. The molecule has 4 aromatic rings. The Hall–Kier alpha value is -4.24. The molecular weight excluding hydrogens is 507 g/mol. The second-order valence-corrected chi connectivity index (χ2v) is 8.86. The molecule has 0 radical (unpaired) electrons. The van der Waals surface area contributed by atoms with E-state index in [9.17, 15) is 10.1 Å². The third-order valence-corrected chi connectivity index (χ3v) is 5.92. The summed E-state index contributed by atoms with van der Waals surface area (Å²) in [5, 5.41) is 13.6. The minimum Gasteiger partial charge on any atom is -0.489 e. The van der Waals surface area contributed by atoms with Gasteiger partial charge in [0.1, 0.15) is 36.4 Å². The number of hydrogen-bond donors (Lipinski definition) is 1. The standard InChI is InChI=1S/C30H22Cl2N2O3/c31-25-6-3-4-22(17-25)19-36-27-12-8-21(9-13-27)16-24(18-33)30(35)34-26-10-14-28(15-11-26)37-20-23-5-1-2-7-29(23)32/h1-17H,19-20H2,(H,34,35)/b24-16+. The number of carbonyl (C=O) groups excluding carboxylic acids is 1. The van der Waals surface area contributed by atoms with Crippen LogP contribution in [0.5, 0.6) is 11.5 Å². The van der Waals surface area contributed by atoms with E-state index in [4.69, 9.17) is 32.7 Å². The van der Waals surface area contributed by atoms with Crippen molar-refractivity contribution in [3.05, 3.63) is 129 Å². The van der Waals surface area contributed by atoms with Crippen molar-refractivity contribution in [3.8, 4) is 17.6 Å². The fourth-order valence-corrected chi connectivity index (χ4v) is 3.78. The maximum absolute atomic E-state index is 12.7. The van der Waals surface area contributed by atoms with E-state index in [1.807, 2.05) is 54.6 Å². The van der Waals surface area contributed by atoms with Crippen molar-refractivity contribution in [2.75, 3.05) is 5.32 Å². The van der Waals surface area contributed by atoms with Gasteiger partial charge in [-0.2, -0.15) is 5.26 Å². The van der Waals surface area contributed by atoms with Gasteiger partial charge in [-0.1, -0.05) is 65.7 Å². The van der Waals surface area contributed by atoms with Crippen molar-refractivity contribution in [2.24, 2.45) is 0 Å². The Morgan fingerprint density at radius 1 is 0.838 bits per heavy atom. The highest BCUT2D eigenvalue weighted by atomic mass is 35.5. The van der Waals surface area contributed by atoms with E-state index in [-0.39, 0.29) is 5.57 Å². The quantitative estimate of drug-likeness (QED) is 0.178. The first kappa shape index (κ1) is 25.8. The Kier molecular flexibility index (Phi) is 8.83. The molecule has 0 aliphatic heterocycles. The number of benzene rings is 4. The molecule has 0 aliphatic rings. The molecule has 5 nitrogen and oxygen atoms in total. The van der Waals surface area contributed by atoms with Crippen molar-refractivity contribution >= 4 is 40.9 Å². The average Bonchev–Trinajstić information content (AvgIpc) is 2.91. The van der Waals surface area contributed by atoms with E-state index >= 15 is 0 Å². The highest BCUT2D eigenvalue weighted by Gasteiger charge is 2.10. The molecule has 4 aromatic carbocycles. The second-order valence-electron chi connectivity index (χ2n) is 8.02. The number of nitrogens with one attached hydrogen (secondary N) is 1. The highest BCUT2D eigenvalue weighted by molar-refractivity contribution is 6.31. The summed E-state index contributed by atoms with van der Waals surface area (Å²) in [7, 11) is 0. The van der Waals surface area contributed by atoms with Gasteiger partial charge in [-0.3, -0.25) is 4.79 Å². The predicted molar refractivity (Wildman–Crippen MR) is 147 cm³/mol. The van der Waals surface area contributed by atoms with Crippen molar-refractivity contribution in [2.45, 2.75) is 13.2 Å². The molecule has 0 aromatic heterocycles. The van der Waals surface area contributed by atoms with Crippen LogP contribution >= 0.6 is 23.2 Å². The molecule has 0 fully saturated rings. The van der Waals surface area contributed by atoms with E-state index in [0.717, 1.165) is 11.1 Å². The molecule has 4 rings (SSSR count). The number of carbonyl (C=O) groups is 1. The van der Waals surface area contributed by atoms with Crippen LogP contribution in [0.2, 0.25) is 10.0 Å². The lowest BCUT2D eigenvalue weighted by Crippen LogP contribution is -2.13. The third kappa shape index (κ3) is 7.62. The van der Waals surface area contributed by atoms with Gasteiger partial charge < -0.3 is 14.8 Å². The van der Waals surface area contributed by atoms with Gasteiger partial charge in [-0.15, -0.1) is 0 Å². The van der Waals surface area contributed by atoms with E-state index in [1.165, 1.54) is 6.08 Å². The molecular formula is C30H22Cl2N2O3. The Morgan fingerprint density at radius 2 is 1.51 bits per heavy atom. The molecule has 184 valence electrons. The fourth-order valence-electron chi connectivity index (χ4n) is 3.38. The molecule has 1 amide bonds. The first-order chi connectivity index (χ1) is 18.0. The number of halogens is 2. The zero-order valence-corrected chi connectivity index (χ0v) is 21.2. The van der Waals surface area contributed by atoms with Gasteiger partial charge in [0.25, 0.3) is 5.91 Å². The maximum atomic E-state index is 12.7. The molecule has 0 saturated carbocycles. The van der Waals surface area contributed by atoms with E-state index < -0.39 is 5.91 Å². The molecule has 0 unspecified atom stereocenters. The number of amides is 1. The Morgan fingerprint density at radius 3 is 2.19 bits per heavy atom. The molecule has 0 aliphatic carbocycles. The molecule has 0 bridgehead atoms. The molecule has 1 N–H and O–H groups in total. The van der Waals surface area contributed by atoms with Gasteiger partial charge >= 0.3 is 0 Å².